The molecule has 1 aliphatic heterocycles. The Bertz CT molecular complexity index is 270. The molecular weight excluding hydrogens is 235 g/mol. The first-order valence-electron chi connectivity index (χ1n) is 5.59. The highest BCUT2D eigenvalue weighted by Gasteiger charge is 2.30. The Labute approximate surface area is 98.7 Å². The summed E-state index contributed by atoms with van der Waals surface area (Å²) in [4.78, 5) is 15.1. The molecule has 1 atom stereocenters. The van der Waals surface area contributed by atoms with Crippen LogP contribution in [0.2, 0.25) is 0 Å². The van der Waals surface area contributed by atoms with Crippen molar-refractivity contribution in [1.82, 2.24) is 15.1 Å². The molecule has 2 amide bonds. The van der Waals surface area contributed by atoms with Crippen molar-refractivity contribution in [3.05, 3.63) is 0 Å². The smallest absolute Gasteiger partial charge is 0.329 e. The molecule has 0 saturated carbocycles. The highest BCUT2D eigenvalue weighted by Crippen LogP contribution is 2.13. The zero-order valence-electron chi connectivity index (χ0n) is 10.0. The number of urea groups is 1. The molecule has 4 nitrogen and oxygen atoms in total. The van der Waals surface area contributed by atoms with Gasteiger partial charge in [-0.25, -0.2) is 4.79 Å². The average Bonchev–Trinajstić information content (AvgIpc) is 2.34. The number of nitrogens with one attached hydrogen (secondary N) is 1. The van der Waals surface area contributed by atoms with Gasteiger partial charge >= 0.3 is 12.2 Å². The van der Waals surface area contributed by atoms with Gasteiger partial charge in [0, 0.05) is 19.1 Å². The molecule has 0 aromatic rings. The first-order valence-corrected chi connectivity index (χ1v) is 5.59. The molecule has 17 heavy (non-hydrogen) atoms. The van der Waals surface area contributed by atoms with E-state index >= 15 is 0 Å². The number of hydrogen-bond acceptors (Lipinski definition) is 2. The fourth-order valence-corrected chi connectivity index (χ4v) is 1.95. The molecule has 1 rings (SSSR count). The van der Waals surface area contributed by atoms with Gasteiger partial charge in [0.15, 0.2) is 0 Å². The van der Waals surface area contributed by atoms with Crippen molar-refractivity contribution in [2.75, 3.05) is 33.2 Å². The second-order valence-corrected chi connectivity index (χ2v) is 4.43. The topological polar surface area (TPSA) is 35.6 Å². The standard InChI is InChI=1S/C10H18F3N3O/c1-8-6-15(2)4-3-5-16(8)9(17)14-7-10(11,12)13/h8H,3-7H2,1-2H3,(H,14,17). The van der Waals surface area contributed by atoms with Gasteiger partial charge < -0.3 is 15.1 Å². The molecule has 1 N–H and O–H groups in total. The lowest BCUT2D eigenvalue weighted by Gasteiger charge is -2.28. The van der Waals surface area contributed by atoms with Crippen LogP contribution in [0.1, 0.15) is 13.3 Å². The third-order valence-electron chi connectivity index (χ3n) is 2.75. The average molecular weight is 253 g/mol. The van der Waals surface area contributed by atoms with E-state index in [2.05, 4.69) is 4.90 Å². The van der Waals surface area contributed by atoms with E-state index in [1.54, 1.807) is 0 Å². The molecule has 1 heterocycles. The molecule has 0 aromatic heterocycles. The van der Waals surface area contributed by atoms with E-state index in [1.165, 1.54) is 4.90 Å². The number of halogens is 3. The van der Waals surface area contributed by atoms with Crippen molar-refractivity contribution >= 4 is 6.03 Å². The number of likely N-dealkylation sites (N-methyl/N-ethyl adjacent to an activating group) is 1. The number of amides is 2. The highest BCUT2D eigenvalue weighted by atomic mass is 19.4. The van der Waals surface area contributed by atoms with Crippen LogP contribution >= 0.6 is 0 Å². The van der Waals surface area contributed by atoms with Crippen LogP contribution in [-0.4, -0.2) is 61.3 Å². The second kappa shape index (κ2) is 5.57. The van der Waals surface area contributed by atoms with Gasteiger partial charge in [0.05, 0.1) is 0 Å². The molecule has 0 spiro atoms. The van der Waals surface area contributed by atoms with E-state index in [4.69, 9.17) is 0 Å². The minimum atomic E-state index is -4.36. The number of hydrogen-bond donors (Lipinski definition) is 1. The molecule has 0 aliphatic carbocycles. The molecule has 0 radical (unpaired) electrons. The lowest BCUT2D eigenvalue weighted by Crippen LogP contribution is -2.49. The highest BCUT2D eigenvalue weighted by molar-refractivity contribution is 5.74. The number of rotatable bonds is 1. The fraction of sp³-hybridized carbons (Fsp3) is 0.900. The van der Waals surface area contributed by atoms with Crippen LogP contribution in [0.3, 0.4) is 0 Å². The van der Waals surface area contributed by atoms with Gasteiger partial charge in [0.25, 0.3) is 0 Å². The van der Waals surface area contributed by atoms with E-state index in [1.807, 2.05) is 19.3 Å². The van der Waals surface area contributed by atoms with Crippen LogP contribution < -0.4 is 5.32 Å². The summed E-state index contributed by atoms with van der Waals surface area (Å²) in [6.45, 7) is 2.60. The predicted octanol–water partition coefficient (Wildman–Crippen LogP) is 1.28. The molecule has 1 saturated heterocycles. The molecule has 0 bridgehead atoms. The van der Waals surface area contributed by atoms with Gasteiger partial charge in [-0.15, -0.1) is 0 Å². The Balaban J connectivity index is 2.50. The summed E-state index contributed by atoms with van der Waals surface area (Å²) in [5, 5.41) is 1.91. The monoisotopic (exact) mass is 253 g/mol. The summed E-state index contributed by atoms with van der Waals surface area (Å²) in [6.07, 6.45) is -3.58. The summed E-state index contributed by atoms with van der Waals surface area (Å²) in [5.41, 5.74) is 0. The van der Waals surface area contributed by atoms with Crippen LogP contribution in [0.15, 0.2) is 0 Å². The summed E-state index contributed by atoms with van der Waals surface area (Å²) in [7, 11) is 1.94. The van der Waals surface area contributed by atoms with Crippen molar-refractivity contribution in [3.8, 4) is 0 Å². The first kappa shape index (κ1) is 14.1. The third kappa shape index (κ3) is 4.80. The minimum absolute atomic E-state index is 0.0734. The third-order valence-corrected chi connectivity index (χ3v) is 2.75. The quantitative estimate of drug-likeness (QED) is 0.764. The van der Waals surface area contributed by atoms with Crippen molar-refractivity contribution < 1.29 is 18.0 Å². The summed E-state index contributed by atoms with van der Waals surface area (Å²) in [6, 6.07) is -0.708. The minimum Gasteiger partial charge on any atom is -0.329 e. The summed E-state index contributed by atoms with van der Waals surface area (Å²) < 4.78 is 35.9. The zero-order chi connectivity index (χ0) is 13.1. The van der Waals surface area contributed by atoms with Crippen LogP contribution in [0.5, 0.6) is 0 Å². The largest absolute Gasteiger partial charge is 0.405 e. The van der Waals surface area contributed by atoms with E-state index in [0.29, 0.717) is 13.1 Å². The Morgan fingerprint density at radius 3 is 2.65 bits per heavy atom. The molecule has 7 heteroatoms. The number of carbonyl (C=O) groups is 1. The SMILES string of the molecule is CC1CN(C)CCCN1C(=O)NCC(F)(F)F. The van der Waals surface area contributed by atoms with Crippen molar-refractivity contribution in [2.45, 2.75) is 25.6 Å². The van der Waals surface area contributed by atoms with E-state index < -0.39 is 18.8 Å². The fourth-order valence-electron chi connectivity index (χ4n) is 1.95. The van der Waals surface area contributed by atoms with E-state index in [9.17, 15) is 18.0 Å². The van der Waals surface area contributed by atoms with Gasteiger partial charge in [-0.2, -0.15) is 13.2 Å². The van der Waals surface area contributed by atoms with Crippen molar-refractivity contribution in [2.24, 2.45) is 0 Å². The van der Waals surface area contributed by atoms with E-state index in [0.717, 1.165) is 13.0 Å². The van der Waals surface area contributed by atoms with Crippen LogP contribution in [-0.2, 0) is 0 Å². The normalized spacial score (nSPS) is 23.4. The van der Waals surface area contributed by atoms with Crippen molar-refractivity contribution in [1.29, 1.82) is 0 Å². The number of carbonyl (C=O) groups excluding carboxylic acids is 1. The zero-order valence-corrected chi connectivity index (χ0v) is 10.0. The molecule has 1 fully saturated rings. The van der Waals surface area contributed by atoms with Gasteiger partial charge in [-0.3, -0.25) is 0 Å². The predicted molar refractivity (Wildman–Crippen MR) is 57.7 cm³/mol. The van der Waals surface area contributed by atoms with Gasteiger partial charge in [-0.1, -0.05) is 0 Å². The number of nitrogens with zero attached hydrogens (tertiary/aromatic N) is 2. The molecule has 0 aromatic carbocycles. The molecule has 100 valence electrons. The molecule has 1 unspecified atom stereocenters. The Morgan fingerprint density at radius 2 is 2.06 bits per heavy atom. The summed E-state index contributed by atoms with van der Waals surface area (Å²) in [5.74, 6) is 0. The molecular formula is C10H18F3N3O. The second-order valence-electron chi connectivity index (χ2n) is 4.43. The van der Waals surface area contributed by atoms with Crippen LogP contribution in [0.4, 0.5) is 18.0 Å². The first-order chi connectivity index (χ1) is 7.79. The van der Waals surface area contributed by atoms with Gasteiger partial charge in [0.2, 0.25) is 0 Å². The van der Waals surface area contributed by atoms with Crippen LogP contribution in [0, 0.1) is 0 Å². The Kier molecular flexibility index (Phi) is 4.62. The number of alkyl halides is 3. The maximum absolute atomic E-state index is 12.0. The van der Waals surface area contributed by atoms with Crippen LogP contribution in [0.25, 0.3) is 0 Å². The Hall–Kier alpha value is -0.980. The Morgan fingerprint density at radius 1 is 1.41 bits per heavy atom. The lowest BCUT2D eigenvalue weighted by atomic mass is 10.3. The lowest BCUT2D eigenvalue weighted by molar-refractivity contribution is -0.123. The van der Waals surface area contributed by atoms with Gasteiger partial charge in [-0.05, 0) is 26.9 Å². The van der Waals surface area contributed by atoms with Crippen molar-refractivity contribution in [3.63, 3.8) is 0 Å². The summed E-state index contributed by atoms with van der Waals surface area (Å²) >= 11 is 0. The molecule has 1 aliphatic rings. The van der Waals surface area contributed by atoms with E-state index in [-0.39, 0.29) is 6.04 Å². The van der Waals surface area contributed by atoms with Gasteiger partial charge in [0.1, 0.15) is 6.54 Å². The maximum Gasteiger partial charge on any atom is 0.405 e. The maximum atomic E-state index is 12.0.